The van der Waals surface area contributed by atoms with Crippen molar-refractivity contribution >= 4 is 11.7 Å². The third-order valence-corrected chi connectivity index (χ3v) is 4.70. The first-order chi connectivity index (χ1) is 14.0. The zero-order chi connectivity index (χ0) is 20.6. The van der Waals surface area contributed by atoms with E-state index in [1.807, 2.05) is 61.5 Å². The number of aliphatic hydroxyl groups is 1. The molecule has 0 bridgehead atoms. The first-order valence-corrected chi connectivity index (χ1v) is 9.66. The van der Waals surface area contributed by atoms with Gasteiger partial charge in [0.1, 0.15) is 0 Å². The fourth-order valence-corrected chi connectivity index (χ4v) is 3.17. The van der Waals surface area contributed by atoms with Crippen molar-refractivity contribution in [2.75, 3.05) is 25.0 Å². The molecule has 29 heavy (non-hydrogen) atoms. The minimum absolute atomic E-state index is 0.275. The zero-order valence-corrected chi connectivity index (χ0v) is 16.4. The maximum Gasteiger partial charge on any atom is 0.335 e. The van der Waals surface area contributed by atoms with Crippen LogP contribution in [0.15, 0.2) is 72.8 Å². The standard InChI is InChI=1S/C24H26N2O3/c1-17-5-2-8-20(13-17)23(27)16-25-11-12-26-22-10-4-7-19(15-22)18-6-3-9-21(14-18)24(28)29/h2-10,13-15,23,25-27H,11-12,16H2,1H3,(H,28,29)/t23-/m0/s1. The lowest BCUT2D eigenvalue weighted by atomic mass is 10.0. The number of hydrogen-bond donors (Lipinski definition) is 4. The second-order valence-electron chi connectivity index (χ2n) is 7.03. The predicted molar refractivity (Wildman–Crippen MR) is 116 cm³/mol. The maximum atomic E-state index is 11.2. The lowest BCUT2D eigenvalue weighted by Gasteiger charge is -2.14. The van der Waals surface area contributed by atoms with Crippen molar-refractivity contribution in [3.63, 3.8) is 0 Å². The molecular weight excluding hydrogens is 364 g/mol. The van der Waals surface area contributed by atoms with Crippen LogP contribution < -0.4 is 10.6 Å². The summed E-state index contributed by atoms with van der Waals surface area (Å²) in [6, 6.07) is 22.7. The van der Waals surface area contributed by atoms with E-state index in [1.165, 1.54) is 0 Å². The lowest BCUT2D eigenvalue weighted by Crippen LogP contribution is -2.26. The van der Waals surface area contributed by atoms with Crippen LogP contribution in [0, 0.1) is 6.92 Å². The molecule has 3 aromatic carbocycles. The van der Waals surface area contributed by atoms with Gasteiger partial charge in [-0.2, -0.15) is 0 Å². The lowest BCUT2D eigenvalue weighted by molar-refractivity contribution is 0.0697. The molecule has 5 nitrogen and oxygen atoms in total. The summed E-state index contributed by atoms with van der Waals surface area (Å²) in [7, 11) is 0. The molecule has 0 aliphatic rings. The van der Waals surface area contributed by atoms with Crippen molar-refractivity contribution in [2.24, 2.45) is 0 Å². The van der Waals surface area contributed by atoms with Crippen LogP contribution in [-0.2, 0) is 0 Å². The molecule has 1 atom stereocenters. The molecule has 3 rings (SSSR count). The SMILES string of the molecule is Cc1cccc([C@@H](O)CNCCNc2cccc(-c3cccc(C(=O)O)c3)c2)c1. The number of carboxylic acid groups (broad SMARTS) is 1. The highest BCUT2D eigenvalue weighted by Crippen LogP contribution is 2.23. The van der Waals surface area contributed by atoms with Crippen LogP contribution >= 0.6 is 0 Å². The van der Waals surface area contributed by atoms with E-state index in [1.54, 1.807) is 18.2 Å². The third-order valence-electron chi connectivity index (χ3n) is 4.70. The maximum absolute atomic E-state index is 11.2. The Morgan fingerprint density at radius 1 is 0.931 bits per heavy atom. The molecular formula is C24H26N2O3. The van der Waals surface area contributed by atoms with Gasteiger partial charge in [-0.05, 0) is 47.9 Å². The summed E-state index contributed by atoms with van der Waals surface area (Å²) < 4.78 is 0. The van der Waals surface area contributed by atoms with Gasteiger partial charge in [0.25, 0.3) is 0 Å². The van der Waals surface area contributed by atoms with Gasteiger partial charge < -0.3 is 20.8 Å². The van der Waals surface area contributed by atoms with E-state index in [2.05, 4.69) is 10.6 Å². The Labute approximate surface area is 171 Å². The fourth-order valence-electron chi connectivity index (χ4n) is 3.17. The summed E-state index contributed by atoms with van der Waals surface area (Å²) in [5, 5.41) is 26.0. The van der Waals surface area contributed by atoms with Gasteiger partial charge in [0.2, 0.25) is 0 Å². The third kappa shape index (κ3) is 5.91. The van der Waals surface area contributed by atoms with Gasteiger partial charge in [-0.25, -0.2) is 4.79 Å². The van der Waals surface area contributed by atoms with Crippen LogP contribution in [0.4, 0.5) is 5.69 Å². The predicted octanol–water partition coefficient (Wildman–Crippen LogP) is 4.10. The Hall–Kier alpha value is -3.15. The Bertz CT molecular complexity index is 972. The van der Waals surface area contributed by atoms with Gasteiger partial charge in [-0.3, -0.25) is 0 Å². The Kier molecular flexibility index (Phi) is 7.00. The molecule has 4 N–H and O–H groups in total. The monoisotopic (exact) mass is 390 g/mol. The zero-order valence-electron chi connectivity index (χ0n) is 16.4. The highest BCUT2D eigenvalue weighted by atomic mass is 16.4. The minimum atomic E-state index is -0.931. The summed E-state index contributed by atoms with van der Waals surface area (Å²) >= 11 is 0. The summed E-state index contributed by atoms with van der Waals surface area (Å²) in [6.45, 7) is 3.92. The largest absolute Gasteiger partial charge is 0.478 e. The number of carbonyl (C=O) groups is 1. The first kappa shape index (κ1) is 20.6. The van der Waals surface area contributed by atoms with Crippen LogP contribution in [-0.4, -0.2) is 35.8 Å². The number of anilines is 1. The topological polar surface area (TPSA) is 81.6 Å². The molecule has 0 aromatic heterocycles. The van der Waals surface area contributed by atoms with Crippen LogP contribution in [0.2, 0.25) is 0 Å². The summed E-state index contributed by atoms with van der Waals surface area (Å²) in [4.78, 5) is 11.2. The van der Waals surface area contributed by atoms with Gasteiger partial charge in [-0.1, -0.05) is 54.1 Å². The number of benzene rings is 3. The number of hydrogen-bond acceptors (Lipinski definition) is 4. The average molecular weight is 390 g/mol. The van der Waals surface area contributed by atoms with Crippen molar-refractivity contribution in [1.82, 2.24) is 5.32 Å². The Balaban J connectivity index is 1.50. The van der Waals surface area contributed by atoms with Crippen LogP contribution in [0.1, 0.15) is 27.6 Å². The van der Waals surface area contributed by atoms with Crippen LogP contribution in [0.25, 0.3) is 11.1 Å². The normalized spacial score (nSPS) is 11.8. The molecule has 0 amide bonds. The minimum Gasteiger partial charge on any atom is -0.478 e. The van der Waals surface area contributed by atoms with E-state index in [0.717, 1.165) is 27.9 Å². The smallest absolute Gasteiger partial charge is 0.335 e. The van der Waals surface area contributed by atoms with Crippen molar-refractivity contribution in [3.05, 3.63) is 89.5 Å². The van der Waals surface area contributed by atoms with E-state index in [-0.39, 0.29) is 5.56 Å². The molecule has 0 saturated heterocycles. The summed E-state index contributed by atoms with van der Waals surface area (Å²) in [5.41, 5.74) is 5.12. The Morgan fingerprint density at radius 2 is 1.66 bits per heavy atom. The van der Waals surface area contributed by atoms with Gasteiger partial charge in [-0.15, -0.1) is 0 Å². The van der Waals surface area contributed by atoms with E-state index in [4.69, 9.17) is 5.11 Å². The van der Waals surface area contributed by atoms with Gasteiger partial charge in [0.05, 0.1) is 11.7 Å². The number of aromatic carboxylic acids is 1. The van der Waals surface area contributed by atoms with Crippen molar-refractivity contribution in [2.45, 2.75) is 13.0 Å². The van der Waals surface area contributed by atoms with E-state index in [9.17, 15) is 9.90 Å². The molecule has 0 radical (unpaired) electrons. The van der Waals surface area contributed by atoms with E-state index >= 15 is 0 Å². The molecule has 0 spiro atoms. The first-order valence-electron chi connectivity index (χ1n) is 9.66. The quantitative estimate of drug-likeness (QED) is 0.414. The number of aryl methyl sites for hydroxylation is 1. The molecule has 0 heterocycles. The van der Waals surface area contributed by atoms with Gasteiger partial charge >= 0.3 is 5.97 Å². The molecule has 150 valence electrons. The molecule has 0 aliphatic heterocycles. The number of carboxylic acids is 1. The molecule has 0 aliphatic carbocycles. The van der Waals surface area contributed by atoms with E-state index in [0.29, 0.717) is 19.6 Å². The van der Waals surface area contributed by atoms with Crippen molar-refractivity contribution in [3.8, 4) is 11.1 Å². The van der Waals surface area contributed by atoms with Crippen LogP contribution in [0.3, 0.4) is 0 Å². The van der Waals surface area contributed by atoms with Gasteiger partial charge in [0.15, 0.2) is 0 Å². The summed E-state index contributed by atoms with van der Waals surface area (Å²) in [6.07, 6.45) is -0.528. The second-order valence-corrected chi connectivity index (χ2v) is 7.03. The number of rotatable bonds is 9. The van der Waals surface area contributed by atoms with Crippen molar-refractivity contribution < 1.29 is 15.0 Å². The summed E-state index contributed by atoms with van der Waals surface area (Å²) in [5.74, 6) is -0.931. The molecule has 0 unspecified atom stereocenters. The Morgan fingerprint density at radius 3 is 2.41 bits per heavy atom. The van der Waals surface area contributed by atoms with E-state index < -0.39 is 12.1 Å². The second kappa shape index (κ2) is 9.87. The fraction of sp³-hybridized carbons (Fsp3) is 0.208. The molecule has 0 fully saturated rings. The molecule has 5 heteroatoms. The van der Waals surface area contributed by atoms with Crippen LogP contribution in [0.5, 0.6) is 0 Å². The molecule has 3 aromatic rings. The highest BCUT2D eigenvalue weighted by molar-refractivity contribution is 5.89. The van der Waals surface area contributed by atoms with Crippen molar-refractivity contribution in [1.29, 1.82) is 0 Å². The van der Waals surface area contributed by atoms with Gasteiger partial charge in [0, 0.05) is 25.3 Å². The highest BCUT2D eigenvalue weighted by Gasteiger charge is 2.07. The number of nitrogens with one attached hydrogen (secondary N) is 2. The number of aliphatic hydroxyl groups excluding tert-OH is 1. The average Bonchev–Trinajstić information content (AvgIpc) is 2.73. The molecule has 0 saturated carbocycles.